The van der Waals surface area contributed by atoms with Crippen LogP contribution in [0.2, 0.25) is 0 Å². The Morgan fingerprint density at radius 2 is 1.17 bits per heavy atom. The summed E-state index contributed by atoms with van der Waals surface area (Å²) in [7, 11) is 0. The number of carboxylic acid groups (broad SMARTS) is 1. The monoisotopic (exact) mass is 785 g/mol. The Hall–Kier alpha value is -4.07. The number of phenolic OH excluding ortho intramolecular Hbond substituents is 1. The molecule has 0 spiro atoms. The van der Waals surface area contributed by atoms with Crippen LogP contribution in [0, 0.1) is 5.92 Å². The zero-order valence-electron chi connectivity index (χ0n) is 30.3. The molecule has 0 aliphatic heterocycles. The van der Waals surface area contributed by atoms with Crippen molar-refractivity contribution >= 4 is 66.7 Å². The van der Waals surface area contributed by atoms with Crippen molar-refractivity contribution in [3.05, 3.63) is 29.8 Å². The lowest BCUT2D eigenvalue weighted by molar-refractivity contribution is -0.143. The fourth-order valence-electron chi connectivity index (χ4n) is 4.97. The molecular weight excluding hydrogens is 731 g/mol. The van der Waals surface area contributed by atoms with Crippen LogP contribution in [0.1, 0.15) is 64.9 Å². The van der Waals surface area contributed by atoms with Crippen LogP contribution in [0.25, 0.3) is 0 Å². The molecule has 6 amide bonds. The molecule has 1 rings (SSSR count). The van der Waals surface area contributed by atoms with Gasteiger partial charge in [0.15, 0.2) is 0 Å². The topological polar surface area (TPSA) is 278 Å². The number of nitrogens with two attached hydrogens (primary N) is 1. The van der Waals surface area contributed by atoms with Crippen LogP contribution in [-0.2, 0) is 40.0 Å². The Labute approximate surface area is 320 Å². The van der Waals surface area contributed by atoms with E-state index in [1.807, 2.05) is 6.92 Å². The first kappa shape index (κ1) is 47.0. The molecular formula is C34H55N7O10S2. The molecule has 0 unspecified atom stereocenters. The van der Waals surface area contributed by atoms with Crippen LogP contribution in [0.3, 0.4) is 0 Å². The van der Waals surface area contributed by atoms with E-state index in [-0.39, 0.29) is 54.8 Å². The van der Waals surface area contributed by atoms with E-state index < -0.39 is 78.4 Å². The molecule has 17 nitrogen and oxygen atoms in total. The molecule has 1 aromatic rings. The standard InChI is InChI=1S/C34H55N7O10S2/c1-4-7-28(44)36-22(8-5-6-13-35)29(45)40-27(18-53)33(49)41-26(17-52)32(48)37-23(15-20-9-11-21(43)12-10-20)30(46)39-25(16-42)31(47)38-24(34(50)51)14-19(2)3/h9-12,19,22-27,42-43,52-53H,4-8,13-18,35H2,1-3H3,(H,36,44)(H,37,48)(H,38,47)(H,39,46)(H,40,45)(H,41,49)(H,50,51)/t22-,23+,24-,25-,26-,27-/m0/s1. The quantitative estimate of drug-likeness (QED) is 0.0411. The van der Waals surface area contributed by atoms with Crippen molar-refractivity contribution in [2.45, 2.75) is 102 Å². The molecule has 0 saturated carbocycles. The van der Waals surface area contributed by atoms with E-state index >= 15 is 0 Å². The number of phenols is 1. The fraction of sp³-hybridized carbons (Fsp3) is 0.618. The largest absolute Gasteiger partial charge is 0.508 e. The number of carbonyl (C=O) groups is 7. The van der Waals surface area contributed by atoms with E-state index in [9.17, 15) is 48.9 Å². The molecule has 0 aromatic heterocycles. The molecule has 6 atom stereocenters. The molecule has 0 radical (unpaired) electrons. The van der Waals surface area contributed by atoms with Gasteiger partial charge in [-0.3, -0.25) is 28.8 Å². The van der Waals surface area contributed by atoms with E-state index in [2.05, 4.69) is 57.2 Å². The number of carbonyl (C=O) groups excluding carboxylic acids is 6. The van der Waals surface area contributed by atoms with Crippen LogP contribution in [0.5, 0.6) is 5.75 Å². The van der Waals surface area contributed by atoms with Gasteiger partial charge >= 0.3 is 5.97 Å². The lowest BCUT2D eigenvalue weighted by Crippen LogP contribution is -2.61. The number of aliphatic carboxylic acids is 1. The molecule has 0 bridgehead atoms. The molecule has 0 saturated heterocycles. The van der Waals surface area contributed by atoms with Gasteiger partial charge in [0.25, 0.3) is 0 Å². The van der Waals surface area contributed by atoms with Crippen LogP contribution in [0.4, 0.5) is 0 Å². The van der Waals surface area contributed by atoms with E-state index in [0.29, 0.717) is 31.4 Å². The predicted octanol–water partition coefficient (Wildman–Crippen LogP) is -1.24. The molecule has 19 heteroatoms. The maximum absolute atomic E-state index is 13.5. The average Bonchev–Trinajstić information content (AvgIpc) is 3.11. The van der Waals surface area contributed by atoms with Crippen molar-refractivity contribution in [2.75, 3.05) is 24.7 Å². The maximum atomic E-state index is 13.5. The number of carboxylic acids is 1. The zero-order chi connectivity index (χ0) is 40.1. The Morgan fingerprint density at radius 3 is 1.64 bits per heavy atom. The molecule has 298 valence electrons. The molecule has 53 heavy (non-hydrogen) atoms. The molecule has 0 aliphatic carbocycles. The highest BCUT2D eigenvalue weighted by atomic mass is 32.1. The van der Waals surface area contributed by atoms with E-state index in [0.717, 1.165) is 0 Å². The summed E-state index contributed by atoms with van der Waals surface area (Å²) in [5.74, 6) is -6.37. The first-order valence-corrected chi connectivity index (χ1v) is 18.7. The molecule has 11 N–H and O–H groups in total. The number of thiol groups is 2. The number of rotatable bonds is 25. The summed E-state index contributed by atoms with van der Waals surface area (Å²) in [4.78, 5) is 90.3. The van der Waals surface area contributed by atoms with Crippen molar-refractivity contribution in [3.8, 4) is 5.75 Å². The summed E-state index contributed by atoms with van der Waals surface area (Å²) < 4.78 is 0. The fourth-order valence-corrected chi connectivity index (χ4v) is 5.48. The molecule has 0 aliphatic rings. The second-order valence-electron chi connectivity index (χ2n) is 12.8. The first-order valence-electron chi connectivity index (χ1n) is 17.4. The summed E-state index contributed by atoms with van der Waals surface area (Å²) >= 11 is 8.37. The zero-order valence-corrected chi connectivity index (χ0v) is 32.1. The van der Waals surface area contributed by atoms with Gasteiger partial charge in [-0.2, -0.15) is 25.3 Å². The Balaban J connectivity index is 3.17. The van der Waals surface area contributed by atoms with Crippen molar-refractivity contribution in [1.29, 1.82) is 0 Å². The minimum atomic E-state index is -1.58. The highest BCUT2D eigenvalue weighted by Crippen LogP contribution is 2.12. The third-order valence-electron chi connectivity index (χ3n) is 7.85. The van der Waals surface area contributed by atoms with Gasteiger partial charge in [0.2, 0.25) is 35.4 Å². The van der Waals surface area contributed by atoms with Crippen molar-refractivity contribution in [3.63, 3.8) is 0 Å². The number of aliphatic hydroxyl groups is 1. The summed E-state index contributed by atoms with van der Waals surface area (Å²) in [6, 6.07) is -2.07. The first-order chi connectivity index (χ1) is 25.1. The smallest absolute Gasteiger partial charge is 0.326 e. The van der Waals surface area contributed by atoms with Crippen molar-refractivity contribution in [2.24, 2.45) is 11.7 Å². The maximum Gasteiger partial charge on any atom is 0.326 e. The third kappa shape index (κ3) is 17.5. The molecule has 0 fully saturated rings. The minimum Gasteiger partial charge on any atom is -0.508 e. The van der Waals surface area contributed by atoms with Crippen LogP contribution >= 0.6 is 25.3 Å². The second-order valence-corrected chi connectivity index (χ2v) is 13.6. The average molecular weight is 786 g/mol. The summed E-state index contributed by atoms with van der Waals surface area (Å²) in [6.07, 6.45) is 2.14. The normalized spacial score (nSPS) is 14.4. The van der Waals surface area contributed by atoms with Crippen LogP contribution in [-0.4, -0.2) is 118 Å². The number of unbranched alkanes of at least 4 members (excludes halogenated alkanes) is 1. The Bertz CT molecular complexity index is 1370. The van der Waals surface area contributed by atoms with Gasteiger partial charge in [-0.05, 0) is 62.3 Å². The van der Waals surface area contributed by atoms with Gasteiger partial charge in [0.05, 0.1) is 6.61 Å². The highest BCUT2D eigenvalue weighted by Gasteiger charge is 2.33. The van der Waals surface area contributed by atoms with Gasteiger partial charge in [-0.1, -0.05) is 32.9 Å². The number of aromatic hydroxyl groups is 1. The summed E-state index contributed by atoms with van der Waals surface area (Å²) in [5, 5.41) is 44.0. The second kappa shape index (κ2) is 25.0. The third-order valence-corrected chi connectivity index (χ3v) is 8.58. The predicted molar refractivity (Wildman–Crippen MR) is 203 cm³/mol. The highest BCUT2D eigenvalue weighted by molar-refractivity contribution is 7.80. The van der Waals surface area contributed by atoms with Gasteiger partial charge in [-0.25, -0.2) is 4.79 Å². The lowest BCUT2D eigenvalue weighted by Gasteiger charge is -2.26. The van der Waals surface area contributed by atoms with Crippen LogP contribution in [0.15, 0.2) is 24.3 Å². The number of hydrogen-bond donors (Lipinski definition) is 12. The van der Waals surface area contributed by atoms with E-state index in [1.54, 1.807) is 13.8 Å². The van der Waals surface area contributed by atoms with E-state index in [4.69, 9.17) is 5.73 Å². The Kier molecular flexibility index (Phi) is 22.2. The summed E-state index contributed by atoms with van der Waals surface area (Å²) in [6.45, 7) is 4.84. The SMILES string of the molecule is CCCC(=O)N[C@@H](CCCCN)C(=O)N[C@@H](CS)C(=O)N[C@@H](CS)C(=O)N[C@H](Cc1ccc(O)cc1)C(=O)N[C@@H](CO)C(=O)N[C@@H](CC(C)C)C(=O)O. The lowest BCUT2D eigenvalue weighted by atomic mass is 10.0. The van der Waals surface area contributed by atoms with Crippen molar-refractivity contribution < 1.29 is 48.9 Å². The molecule has 0 heterocycles. The number of nitrogens with one attached hydrogen (secondary N) is 6. The van der Waals surface area contributed by atoms with Crippen molar-refractivity contribution in [1.82, 2.24) is 31.9 Å². The van der Waals surface area contributed by atoms with E-state index in [1.165, 1.54) is 24.3 Å². The molecule has 1 aromatic carbocycles. The Morgan fingerprint density at radius 1 is 0.698 bits per heavy atom. The van der Waals surface area contributed by atoms with Gasteiger partial charge < -0.3 is 53.0 Å². The minimum absolute atomic E-state index is 0.0564. The number of hydrogen-bond acceptors (Lipinski definition) is 12. The number of aliphatic hydroxyl groups excluding tert-OH is 1. The van der Waals surface area contributed by atoms with Gasteiger partial charge in [-0.15, -0.1) is 0 Å². The van der Waals surface area contributed by atoms with Crippen LogP contribution < -0.4 is 37.6 Å². The summed E-state index contributed by atoms with van der Waals surface area (Å²) in [5.41, 5.74) is 6.05. The van der Waals surface area contributed by atoms with Gasteiger partial charge in [0, 0.05) is 24.3 Å². The van der Waals surface area contributed by atoms with Gasteiger partial charge in [0.1, 0.15) is 42.0 Å². The number of amides is 6. The number of benzene rings is 1.